The average Bonchev–Trinajstić information content (AvgIpc) is 3.25. The molecule has 1 N–H and O–H groups in total. The third kappa shape index (κ3) is 4.92. The van der Waals surface area contributed by atoms with E-state index >= 15 is 0 Å². The molecule has 0 aliphatic carbocycles. The number of anilines is 2. The smallest absolute Gasteiger partial charge is 0.244 e. The summed E-state index contributed by atoms with van der Waals surface area (Å²) in [4.78, 5) is 27.1. The molecule has 1 atom stereocenters. The van der Waals surface area contributed by atoms with Crippen LogP contribution in [0, 0.1) is 5.92 Å². The number of sulfonamides is 1. The summed E-state index contributed by atoms with van der Waals surface area (Å²) >= 11 is 3.44. The number of rotatable bonds is 6. The van der Waals surface area contributed by atoms with Crippen molar-refractivity contribution in [2.45, 2.75) is 50.8 Å². The molecule has 0 radical (unpaired) electrons. The van der Waals surface area contributed by atoms with Crippen LogP contribution in [0.15, 0.2) is 45.8 Å². The van der Waals surface area contributed by atoms with Gasteiger partial charge in [0.15, 0.2) is 0 Å². The molecule has 2 heterocycles. The Bertz CT molecular complexity index is 1210. The second-order valence-corrected chi connectivity index (χ2v) is 11.6. The fourth-order valence-electron chi connectivity index (χ4n) is 4.66. The molecule has 182 valence electrons. The van der Waals surface area contributed by atoms with E-state index in [1.807, 2.05) is 24.3 Å². The lowest BCUT2D eigenvalue weighted by Gasteiger charge is -2.31. The molecule has 0 saturated carbocycles. The maximum absolute atomic E-state index is 13.6. The summed E-state index contributed by atoms with van der Waals surface area (Å²) in [7, 11) is -3.85. The minimum atomic E-state index is -3.85. The van der Waals surface area contributed by atoms with E-state index in [1.165, 1.54) is 4.31 Å². The number of hydrogen-bond acceptors (Lipinski definition) is 4. The van der Waals surface area contributed by atoms with E-state index in [4.69, 9.17) is 0 Å². The zero-order chi connectivity index (χ0) is 24.5. The Morgan fingerprint density at radius 3 is 2.68 bits per heavy atom. The number of carbonyl (C=O) groups excluding carboxylic acids is 2. The molecule has 0 bridgehead atoms. The number of benzene rings is 2. The normalized spacial score (nSPS) is 18.6. The van der Waals surface area contributed by atoms with E-state index in [1.54, 1.807) is 24.0 Å². The van der Waals surface area contributed by atoms with Crippen molar-refractivity contribution >= 4 is 49.1 Å². The van der Waals surface area contributed by atoms with Crippen molar-refractivity contribution in [3.8, 4) is 0 Å². The van der Waals surface area contributed by atoms with E-state index < -0.39 is 15.9 Å². The van der Waals surface area contributed by atoms with Gasteiger partial charge in [-0.2, -0.15) is 4.31 Å². The van der Waals surface area contributed by atoms with Gasteiger partial charge in [0.05, 0.1) is 10.8 Å². The van der Waals surface area contributed by atoms with Crippen LogP contribution in [0.5, 0.6) is 0 Å². The Labute approximate surface area is 209 Å². The minimum Gasteiger partial charge on any atom is -0.326 e. The van der Waals surface area contributed by atoms with Crippen molar-refractivity contribution in [2.75, 3.05) is 29.9 Å². The summed E-state index contributed by atoms with van der Waals surface area (Å²) in [5.74, 6) is -0.618. The average molecular weight is 549 g/mol. The van der Waals surface area contributed by atoms with Crippen molar-refractivity contribution in [3.05, 3.63) is 52.0 Å². The van der Waals surface area contributed by atoms with Gasteiger partial charge >= 0.3 is 0 Å². The second-order valence-electron chi connectivity index (χ2n) is 8.81. The zero-order valence-electron chi connectivity index (χ0n) is 19.5. The van der Waals surface area contributed by atoms with Crippen LogP contribution in [0.3, 0.4) is 0 Å². The van der Waals surface area contributed by atoms with Crippen LogP contribution < -0.4 is 10.2 Å². The molecule has 4 rings (SSSR count). The Morgan fingerprint density at radius 2 is 1.94 bits per heavy atom. The third-order valence-corrected chi connectivity index (χ3v) is 9.43. The lowest BCUT2D eigenvalue weighted by Crippen LogP contribution is -2.43. The molecule has 2 aromatic carbocycles. The van der Waals surface area contributed by atoms with Crippen LogP contribution in [-0.2, 0) is 32.5 Å². The molecule has 0 aromatic heterocycles. The lowest BCUT2D eigenvalue weighted by molar-refractivity contribution is -0.121. The second kappa shape index (κ2) is 10.2. The molecular weight excluding hydrogens is 518 g/mol. The zero-order valence-corrected chi connectivity index (χ0v) is 21.9. The maximum atomic E-state index is 13.6. The lowest BCUT2D eigenvalue weighted by atomic mass is 9.98. The van der Waals surface area contributed by atoms with E-state index in [2.05, 4.69) is 28.2 Å². The van der Waals surface area contributed by atoms with Crippen molar-refractivity contribution in [3.63, 3.8) is 0 Å². The summed E-state index contributed by atoms with van der Waals surface area (Å²) in [6, 6.07) is 11.1. The standard InChI is InChI=1S/C25H30BrN3O4S/c1-3-17-7-5-9-20(13-17)27-25(31)19-8-6-11-28(16-19)34(32,33)23-15-22-18(14-21(23)26)10-12-29(22)24(30)4-2/h5,7,9,13-15,19H,3-4,6,8,10-12,16H2,1-2H3,(H,27,31)/t19-/m1/s1. The highest BCUT2D eigenvalue weighted by Gasteiger charge is 2.36. The first-order chi connectivity index (χ1) is 16.2. The summed E-state index contributed by atoms with van der Waals surface area (Å²) in [5.41, 5.74) is 3.47. The first-order valence-electron chi connectivity index (χ1n) is 11.8. The molecule has 0 spiro atoms. The fourth-order valence-corrected chi connectivity index (χ4v) is 7.26. The maximum Gasteiger partial charge on any atom is 0.244 e. The first kappa shape index (κ1) is 24.9. The SMILES string of the molecule is CCC(=O)N1CCc2cc(Br)c(S(=O)(=O)N3CCC[C@@H](C(=O)Nc4cccc(CC)c4)C3)cc21. The van der Waals surface area contributed by atoms with Gasteiger partial charge < -0.3 is 10.2 Å². The predicted octanol–water partition coefficient (Wildman–Crippen LogP) is 4.35. The highest BCUT2D eigenvalue weighted by atomic mass is 79.9. The third-order valence-electron chi connectivity index (χ3n) is 6.61. The van der Waals surface area contributed by atoms with Crippen LogP contribution in [0.25, 0.3) is 0 Å². The molecule has 34 heavy (non-hydrogen) atoms. The van der Waals surface area contributed by atoms with Crippen LogP contribution in [-0.4, -0.2) is 44.2 Å². The number of fused-ring (bicyclic) bond motifs is 1. The first-order valence-corrected chi connectivity index (χ1v) is 14.0. The summed E-state index contributed by atoms with van der Waals surface area (Å²) < 4.78 is 29.1. The van der Waals surface area contributed by atoms with Crippen LogP contribution >= 0.6 is 15.9 Å². The van der Waals surface area contributed by atoms with Crippen molar-refractivity contribution in [1.82, 2.24) is 4.31 Å². The molecule has 1 fully saturated rings. The highest BCUT2D eigenvalue weighted by molar-refractivity contribution is 9.10. The number of aryl methyl sites for hydroxylation is 1. The molecule has 1 saturated heterocycles. The van der Waals surface area contributed by atoms with E-state index in [-0.39, 0.29) is 23.3 Å². The van der Waals surface area contributed by atoms with E-state index in [9.17, 15) is 18.0 Å². The number of amides is 2. The van der Waals surface area contributed by atoms with Gasteiger partial charge in [-0.25, -0.2) is 8.42 Å². The summed E-state index contributed by atoms with van der Waals surface area (Å²) in [6.07, 6.45) is 3.17. The highest BCUT2D eigenvalue weighted by Crippen LogP contribution is 2.37. The number of halogens is 1. The van der Waals surface area contributed by atoms with E-state index in [0.717, 1.165) is 23.2 Å². The molecule has 2 amide bonds. The molecule has 2 aliphatic rings. The van der Waals surface area contributed by atoms with Crippen molar-refractivity contribution in [1.29, 1.82) is 0 Å². The van der Waals surface area contributed by atoms with Gasteiger partial charge in [-0.3, -0.25) is 9.59 Å². The Hall–Kier alpha value is -2.23. The largest absolute Gasteiger partial charge is 0.326 e. The van der Waals surface area contributed by atoms with Gasteiger partial charge in [0.2, 0.25) is 21.8 Å². The summed E-state index contributed by atoms with van der Waals surface area (Å²) in [6.45, 7) is 4.90. The Kier molecular flexibility index (Phi) is 7.45. The van der Waals surface area contributed by atoms with Gasteiger partial charge in [0.25, 0.3) is 0 Å². The molecular formula is C25H30BrN3O4S. The number of carbonyl (C=O) groups is 2. The van der Waals surface area contributed by atoms with Gasteiger partial charge in [-0.1, -0.05) is 26.0 Å². The van der Waals surface area contributed by atoms with Crippen molar-refractivity contribution < 1.29 is 18.0 Å². The molecule has 0 unspecified atom stereocenters. The van der Waals surface area contributed by atoms with Crippen LogP contribution in [0.2, 0.25) is 0 Å². The quantitative estimate of drug-likeness (QED) is 0.582. The predicted molar refractivity (Wildman–Crippen MR) is 136 cm³/mol. The van der Waals surface area contributed by atoms with Gasteiger partial charge in [0.1, 0.15) is 0 Å². The summed E-state index contributed by atoms with van der Waals surface area (Å²) in [5, 5.41) is 2.95. The molecule has 9 heteroatoms. The van der Waals surface area contributed by atoms with Gasteiger partial charge in [-0.05, 0) is 77.0 Å². The Balaban J connectivity index is 1.55. The Morgan fingerprint density at radius 1 is 1.15 bits per heavy atom. The fraction of sp³-hybridized carbons (Fsp3) is 0.440. The van der Waals surface area contributed by atoms with E-state index in [0.29, 0.717) is 48.9 Å². The minimum absolute atomic E-state index is 0.0220. The van der Waals surface area contributed by atoms with Gasteiger partial charge in [0, 0.05) is 41.9 Å². The van der Waals surface area contributed by atoms with Crippen LogP contribution in [0.1, 0.15) is 44.2 Å². The number of hydrogen-bond donors (Lipinski definition) is 1. The van der Waals surface area contributed by atoms with Gasteiger partial charge in [-0.15, -0.1) is 0 Å². The number of nitrogens with zero attached hydrogens (tertiary/aromatic N) is 2. The molecule has 2 aromatic rings. The number of piperidine rings is 1. The topological polar surface area (TPSA) is 86.8 Å². The molecule has 7 nitrogen and oxygen atoms in total. The number of nitrogens with one attached hydrogen (secondary N) is 1. The van der Waals surface area contributed by atoms with Crippen LogP contribution in [0.4, 0.5) is 11.4 Å². The monoisotopic (exact) mass is 547 g/mol. The van der Waals surface area contributed by atoms with Crippen molar-refractivity contribution in [2.24, 2.45) is 5.92 Å². The molecule has 2 aliphatic heterocycles.